The van der Waals surface area contributed by atoms with Crippen LogP contribution in [0.1, 0.15) is 22.3 Å². The number of benzene rings is 2. The second-order valence-electron chi connectivity index (χ2n) is 11.4. The fraction of sp³-hybridized carbons (Fsp3) is 0.355. The van der Waals surface area contributed by atoms with Gasteiger partial charge in [0.2, 0.25) is 5.91 Å². The van der Waals surface area contributed by atoms with E-state index in [4.69, 9.17) is 10.5 Å². The molecule has 0 bridgehead atoms. The zero-order chi connectivity index (χ0) is 31.4. The van der Waals surface area contributed by atoms with E-state index in [1.165, 1.54) is 31.1 Å². The van der Waals surface area contributed by atoms with E-state index in [1.807, 2.05) is 0 Å². The summed E-state index contributed by atoms with van der Waals surface area (Å²) in [7, 11) is 3.06. The van der Waals surface area contributed by atoms with Crippen LogP contribution in [0.25, 0.3) is 11.1 Å². The summed E-state index contributed by atoms with van der Waals surface area (Å²) < 4.78 is 4.92. The second-order valence-corrected chi connectivity index (χ2v) is 11.4. The lowest BCUT2D eigenvalue weighted by Gasteiger charge is -2.52. The third-order valence-corrected chi connectivity index (χ3v) is 8.72. The molecule has 6 atom stereocenters. The molecular formula is C31H31N3O9. The van der Waals surface area contributed by atoms with Gasteiger partial charge in [0, 0.05) is 11.6 Å². The minimum absolute atomic E-state index is 0.0455. The predicted molar refractivity (Wildman–Crippen MR) is 152 cm³/mol. The van der Waals surface area contributed by atoms with Gasteiger partial charge >= 0.3 is 6.09 Å². The molecule has 0 heterocycles. The molecule has 5 N–H and O–H groups in total. The molecule has 3 aliphatic carbocycles. The van der Waals surface area contributed by atoms with Gasteiger partial charge in [-0.1, -0.05) is 30.9 Å². The number of phenolic OH excluding ortho intramolecular Hbond substituents is 1. The Hall–Kier alpha value is -4.68. The van der Waals surface area contributed by atoms with Gasteiger partial charge < -0.3 is 20.7 Å². The number of hydrogen-bond donors (Lipinski definition) is 4. The number of nitrogens with two attached hydrogens (primary N) is 1. The summed E-state index contributed by atoms with van der Waals surface area (Å²) in [5, 5.41) is 25.0. The van der Waals surface area contributed by atoms with Crippen molar-refractivity contribution < 1.29 is 43.7 Å². The smallest absolute Gasteiger partial charge is 0.411 e. The van der Waals surface area contributed by atoms with Crippen LogP contribution in [0, 0.1) is 23.7 Å². The SMILES string of the molecule is C=CCOC(=O)Nc1ccc(-c2ccc(O)c3c2C[C@H]2C[C@H]4[C@H](N(C)C)C(=O)C(C(N)=O)C(=O)[C@@]4(O)C(=O)C2C3=O)cc1. The highest BCUT2D eigenvalue weighted by Crippen LogP contribution is 2.51. The number of carbonyl (C=O) groups is 6. The van der Waals surface area contributed by atoms with Crippen LogP contribution in [0.15, 0.2) is 49.1 Å². The van der Waals surface area contributed by atoms with E-state index in [0.29, 0.717) is 22.4 Å². The lowest BCUT2D eigenvalue weighted by Crippen LogP contribution is -2.74. The Morgan fingerprint density at radius 3 is 2.40 bits per heavy atom. The van der Waals surface area contributed by atoms with E-state index in [9.17, 15) is 39.0 Å². The average Bonchev–Trinajstić information content (AvgIpc) is 2.94. The number of hydrogen-bond acceptors (Lipinski definition) is 10. The molecule has 0 aromatic heterocycles. The van der Waals surface area contributed by atoms with E-state index in [1.54, 1.807) is 30.3 Å². The number of primary amides is 1. The van der Waals surface area contributed by atoms with Crippen molar-refractivity contribution in [2.75, 3.05) is 26.0 Å². The van der Waals surface area contributed by atoms with Gasteiger partial charge in [-0.25, -0.2) is 4.79 Å². The fourth-order valence-corrected chi connectivity index (χ4v) is 6.90. The number of aromatic hydroxyl groups is 1. The molecule has 2 aromatic carbocycles. The van der Waals surface area contributed by atoms with Crippen LogP contribution < -0.4 is 11.1 Å². The summed E-state index contributed by atoms with van der Waals surface area (Å²) in [4.78, 5) is 79.9. The number of rotatable bonds is 6. The maximum absolute atomic E-state index is 13.9. The number of nitrogens with one attached hydrogen (secondary N) is 1. The Balaban J connectivity index is 1.54. The van der Waals surface area contributed by atoms with Crippen LogP contribution in [0.5, 0.6) is 5.75 Å². The molecule has 224 valence electrons. The number of carbonyl (C=O) groups excluding carboxylic acids is 6. The minimum atomic E-state index is -2.78. The molecule has 5 rings (SSSR count). The highest BCUT2D eigenvalue weighted by atomic mass is 16.5. The molecule has 2 fully saturated rings. The van der Waals surface area contributed by atoms with Gasteiger partial charge in [-0.2, -0.15) is 0 Å². The molecule has 0 saturated heterocycles. The van der Waals surface area contributed by atoms with Crippen molar-refractivity contribution in [3.63, 3.8) is 0 Å². The van der Waals surface area contributed by atoms with Gasteiger partial charge in [0.05, 0.1) is 17.5 Å². The molecule has 2 unspecified atom stereocenters. The molecular weight excluding hydrogens is 558 g/mol. The summed E-state index contributed by atoms with van der Waals surface area (Å²) in [5.74, 6) is -11.0. The molecule has 2 saturated carbocycles. The molecule has 2 aromatic rings. The van der Waals surface area contributed by atoms with Crippen LogP contribution in [-0.2, 0) is 30.3 Å². The Bertz CT molecular complexity index is 1580. The summed E-state index contributed by atoms with van der Waals surface area (Å²) in [5.41, 5.74) is 4.66. The van der Waals surface area contributed by atoms with Crippen LogP contribution in [0.2, 0.25) is 0 Å². The maximum Gasteiger partial charge on any atom is 0.411 e. The number of phenols is 1. The Kier molecular flexibility index (Phi) is 7.53. The van der Waals surface area contributed by atoms with E-state index in [2.05, 4.69) is 11.9 Å². The number of Topliss-reactive ketones (excluding diaryl/α,β-unsaturated/α-hetero) is 4. The van der Waals surface area contributed by atoms with Crippen molar-refractivity contribution in [2.24, 2.45) is 29.4 Å². The number of aliphatic hydroxyl groups is 1. The van der Waals surface area contributed by atoms with E-state index in [0.717, 1.165) is 0 Å². The fourth-order valence-electron chi connectivity index (χ4n) is 6.90. The number of amides is 2. The van der Waals surface area contributed by atoms with Gasteiger partial charge in [0.25, 0.3) is 0 Å². The molecule has 2 amide bonds. The number of ether oxygens (including phenoxy) is 1. The lowest BCUT2D eigenvalue weighted by atomic mass is 9.52. The molecule has 12 heteroatoms. The van der Waals surface area contributed by atoms with E-state index < -0.39 is 70.4 Å². The molecule has 0 radical (unpaired) electrons. The third-order valence-electron chi connectivity index (χ3n) is 8.72. The first kappa shape index (κ1) is 29.8. The number of ketones is 4. The summed E-state index contributed by atoms with van der Waals surface area (Å²) >= 11 is 0. The summed E-state index contributed by atoms with van der Waals surface area (Å²) in [6.45, 7) is 3.53. The first-order valence-corrected chi connectivity index (χ1v) is 13.7. The van der Waals surface area contributed by atoms with Gasteiger partial charge in [-0.3, -0.25) is 34.2 Å². The normalized spacial score (nSPS) is 28.0. The van der Waals surface area contributed by atoms with Crippen molar-refractivity contribution in [2.45, 2.75) is 24.5 Å². The number of anilines is 1. The quantitative estimate of drug-likeness (QED) is 0.282. The van der Waals surface area contributed by atoms with Crippen molar-refractivity contribution >= 4 is 40.8 Å². The molecule has 0 spiro atoms. The first-order chi connectivity index (χ1) is 20.3. The predicted octanol–water partition coefficient (Wildman–Crippen LogP) is 1.27. The Labute approximate surface area is 246 Å². The topological polar surface area (TPSA) is 193 Å². The standard InChI is InChI=1S/C31H31N3O9/c1-4-11-43-30(41)33-16-7-5-14(6-8-16)17-9-10-20(35)22-18(17)12-15-13-19-24(34(2)3)26(37)23(29(32)40)28(39)31(19,42)27(38)21(15)25(22)36/h4-10,15,19,21,23-24,35,42H,1,11-13H2,2-3H3,(H2,32,40)(H,33,41)/t15-,19-,21?,23?,24-,31-/m0/s1. The van der Waals surface area contributed by atoms with E-state index >= 15 is 0 Å². The van der Waals surface area contributed by atoms with Crippen molar-refractivity contribution in [1.82, 2.24) is 4.90 Å². The average molecular weight is 590 g/mol. The first-order valence-electron chi connectivity index (χ1n) is 13.7. The van der Waals surface area contributed by atoms with Gasteiger partial charge in [-0.05, 0) is 67.7 Å². The largest absolute Gasteiger partial charge is 0.507 e. The summed E-state index contributed by atoms with van der Waals surface area (Å²) in [6, 6.07) is 8.48. The lowest BCUT2D eigenvalue weighted by molar-refractivity contribution is -0.181. The third kappa shape index (κ3) is 4.63. The Morgan fingerprint density at radius 1 is 1.12 bits per heavy atom. The zero-order valence-corrected chi connectivity index (χ0v) is 23.5. The van der Waals surface area contributed by atoms with Crippen molar-refractivity contribution in [1.29, 1.82) is 0 Å². The Morgan fingerprint density at radius 2 is 1.79 bits per heavy atom. The summed E-state index contributed by atoms with van der Waals surface area (Å²) in [6.07, 6.45) is 0.856. The highest BCUT2D eigenvalue weighted by Gasteiger charge is 2.69. The zero-order valence-electron chi connectivity index (χ0n) is 23.5. The molecule has 12 nitrogen and oxygen atoms in total. The van der Waals surface area contributed by atoms with Crippen LogP contribution in [-0.4, -0.2) is 82.6 Å². The monoisotopic (exact) mass is 589 g/mol. The van der Waals surface area contributed by atoms with Gasteiger partial charge in [0.15, 0.2) is 34.7 Å². The van der Waals surface area contributed by atoms with Crippen molar-refractivity contribution in [3.8, 4) is 16.9 Å². The van der Waals surface area contributed by atoms with Crippen LogP contribution in [0.4, 0.5) is 10.5 Å². The molecule has 3 aliphatic rings. The van der Waals surface area contributed by atoms with Crippen molar-refractivity contribution in [3.05, 3.63) is 60.2 Å². The second kappa shape index (κ2) is 10.9. The van der Waals surface area contributed by atoms with Crippen LogP contribution in [0.3, 0.4) is 0 Å². The van der Waals surface area contributed by atoms with Crippen LogP contribution >= 0.6 is 0 Å². The minimum Gasteiger partial charge on any atom is -0.507 e. The molecule has 0 aliphatic heterocycles. The highest BCUT2D eigenvalue weighted by molar-refractivity contribution is 6.32. The maximum atomic E-state index is 13.9. The number of likely N-dealkylation sites (N-methyl/N-ethyl adjacent to an activating group) is 1. The number of fused-ring (bicyclic) bond motifs is 3. The van der Waals surface area contributed by atoms with Gasteiger partial charge in [-0.15, -0.1) is 0 Å². The van der Waals surface area contributed by atoms with Gasteiger partial charge in [0.1, 0.15) is 12.4 Å². The molecule has 43 heavy (non-hydrogen) atoms. The number of nitrogens with zero attached hydrogens (tertiary/aromatic N) is 1. The van der Waals surface area contributed by atoms with E-state index in [-0.39, 0.29) is 30.8 Å².